The highest BCUT2D eigenvalue weighted by molar-refractivity contribution is 5.76. The lowest BCUT2D eigenvalue weighted by Gasteiger charge is -2.26. The molecule has 3 rings (SSSR count). The number of nitrogens with zero attached hydrogens (tertiary/aromatic N) is 2. The number of hydrogen-bond donors (Lipinski definition) is 1. The van der Waals surface area contributed by atoms with Crippen LogP contribution in [0.3, 0.4) is 0 Å². The van der Waals surface area contributed by atoms with Crippen LogP contribution in [0.1, 0.15) is 50.0 Å². The highest BCUT2D eigenvalue weighted by Crippen LogP contribution is 2.18. The third-order valence-corrected chi connectivity index (χ3v) is 4.45. The summed E-state index contributed by atoms with van der Waals surface area (Å²) in [6, 6.07) is 0.242. The van der Waals surface area contributed by atoms with Crippen LogP contribution in [-0.2, 0) is 22.5 Å². The molecular weight excluding hydrogens is 266 g/mol. The lowest BCUT2D eigenvalue weighted by atomic mass is 10.0. The molecule has 1 saturated heterocycles. The van der Waals surface area contributed by atoms with Gasteiger partial charge in [0.05, 0.1) is 11.8 Å². The van der Waals surface area contributed by atoms with Crippen molar-refractivity contribution in [1.82, 2.24) is 14.9 Å². The van der Waals surface area contributed by atoms with E-state index in [2.05, 4.69) is 21.1 Å². The number of aryl methyl sites for hydroxylation is 2. The highest BCUT2D eigenvalue weighted by Gasteiger charge is 2.22. The number of imidazole rings is 1. The fourth-order valence-corrected chi connectivity index (χ4v) is 3.33. The predicted molar refractivity (Wildman–Crippen MR) is 80.0 cm³/mol. The maximum atomic E-state index is 12.1. The minimum absolute atomic E-state index is 0.162. The number of fused-ring (bicyclic) bond motifs is 1. The van der Waals surface area contributed by atoms with Crippen LogP contribution in [0.2, 0.25) is 0 Å². The molecule has 0 unspecified atom stereocenters. The summed E-state index contributed by atoms with van der Waals surface area (Å²) < 4.78 is 7.85. The molecule has 1 amide bonds. The minimum atomic E-state index is 0.162. The maximum absolute atomic E-state index is 12.1. The second-order valence-electron chi connectivity index (χ2n) is 6.28. The van der Waals surface area contributed by atoms with Crippen molar-refractivity contribution >= 4 is 5.91 Å². The van der Waals surface area contributed by atoms with E-state index in [1.807, 2.05) is 6.92 Å². The topological polar surface area (TPSA) is 56.2 Å². The molecule has 1 aromatic rings. The zero-order valence-corrected chi connectivity index (χ0v) is 12.8. The second kappa shape index (κ2) is 6.60. The number of carbonyl (C=O) groups excluding carboxylic acids is 1. The molecule has 2 aliphatic rings. The van der Waals surface area contributed by atoms with Crippen molar-refractivity contribution in [2.45, 2.75) is 70.6 Å². The van der Waals surface area contributed by atoms with E-state index >= 15 is 0 Å². The van der Waals surface area contributed by atoms with Crippen molar-refractivity contribution < 1.29 is 9.53 Å². The minimum Gasteiger partial charge on any atom is -0.378 e. The van der Waals surface area contributed by atoms with Crippen LogP contribution in [0, 0.1) is 6.92 Å². The van der Waals surface area contributed by atoms with Crippen molar-refractivity contribution in [3.63, 3.8) is 0 Å². The fourth-order valence-electron chi connectivity index (χ4n) is 3.33. The number of nitrogens with one attached hydrogen (secondary N) is 1. The van der Waals surface area contributed by atoms with E-state index in [1.165, 1.54) is 6.42 Å². The van der Waals surface area contributed by atoms with Crippen molar-refractivity contribution in [1.29, 1.82) is 0 Å². The van der Waals surface area contributed by atoms with Gasteiger partial charge in [0, 0.05) is 38.2 Å². The Bertz CT molecular complexity index is 492. The van der Waals surface area contributed by atoms with Crippen LogP contribution in [0.4, 0.5) is 0 Å². The Morgan fingerprint density at radius 3 is 3.19 bits per heavy atom. The van der Waals surface area contributed by atoms with Gasteiger partial charge in [0.2, 0.25) is 5.91 Å². The number of hydrogen-bond acceptors (Lipinski definition) is 3. The number of aromatic nitrogens is 2. The molecule has 0 spiro atoms. The zero-order valence-electron chi connectivity index (χ0n) is 12.8. The van der Waals surface area contributed by atoms with Gasteiger partial charge in [0.25, 0.3) is 0 Å². The summed E-state index contributed by atoms with van der Waals surface area (Å²) in [5, 5.41) is 3.17. The number of ether oxygens (including phenoxy) is 1. The van der Waals surface area contributed by atoms with Crippen molar-refractivity contribution in [3.8, 4) is 0 Å². The quantitative estimate of drug-likeness (QED) is 0.923. The first-order valence-corrected chi connectivity index (χ1v) is 8.14. The monoisotopic (exact) mass is 291 g/mol. The first-order valence-electron chi connectivity index (χ1n) is 8.14. The summed E-state index contributed by atoms with van der Waals surface area (Å²) in [6.45, 7) is 3.72. The molecule has 0 bridgehead atoms. The molecule has 0 aliphatic carbocycles. The van der Waals surface area contributed by atoms with E-state index in [0.717, 1.165) is 56.8 Å². The third kappa shape index (κ3) is 3.84. The lowest BCUT2D eigenvalue weighted by molar-refractivity contribution is -0.123. The van der Waals surface area contributed by atoms with Crippen LogP contribution in [-0.4, -0.2) is 34.2 Å². The average molecular weight is 291 g/mol. The van der Waals surface area contributed by atoms with Gasteiger partial charge in [-0.05, 0) is 39.0 Å². The van der Waals surface area contributed by atoms with E-state index < -0.39 is 0 Å². The van der Waals surface area contributed by atoms with Gasteiger partial charge >= 0.3 is 0 Å². The summed E-state index contributed by atoms with van der Waals surface area (Å²) in [5.74, 6) is 1.31. The summed E-state index contributed by atoms with van der Waals surface area (Å²) in [5.41, 5.74) is 1.06. The molecule has 3 heterocycles. The van der Waals surface area contributed by atoms with E-state index in [-0.39, 0.29) is 11.9 Å². The molecule has 5 heteroatoms. The van der Waals surface area contributed by atoms with Gasteiger partial charge in [-0.25, -0.2) is 4.98 Å². The molecule has 1 N–H and O–H groups in total. The Morgan fingerprint density at radius 2 is 2.38 bits per heavy atom. The van der Waals surface area contributed by atoms with Gasteiger partial charge in [-0.2, -0.15) is 0 Å². The van der Waals surface area contributed by atoms with Crippen LogP contribution in [0.25, 0.3) is 0 Å². The van der Waals surface area contributed by atoms with E-state index in [4.69, 9.17) is 4.74 Å². The first kappa shape index (κ1) is 14.6. The Morgan fingerprint density at radius 1 is 1.48 bits per heavy atom. The van der Waals surface area contributed by atoms with Gasteiger partial charge < -0.3 is 14.6 Å². The van der Waals surface area contributed by atoms with Gasteiger partial charge in [-0.15, -0.1) is 0 Å². The SMILES string of the molecule is Cc1cn2c(n1)CC[C@@H](NC(=O)CC[C@@H]1CCCCO1)C2. The second-order valence-corrected chi connectivity index (χ2v) is 6.28. The van der Waals surface area contributed by atoms with Crippen molar-refractivity contribution in [3.05, 3.63) is 17.7 Å². The number of rotatable bonds is 4. The molecule has 1 aromatic heterocycles. The number of amides is 1. The molecule has 21 heavy (non-hydrogen) atoms. The van der Waals surface area contributed by atoms with Gasteiger partial charge in [0.1, 0.15) is 5.82 Å². The zero-order chi connectivity index (χ0) is 14.7. The van der Waals surface area contributed by atoms with Gasteiger partial charge in [0.15, 0.2) is 0 Å². The normalized spacial score (nSPS) is 25.4. The molecule has 2 atom stereocenters. The largest absolute Gasteiger partial charge is 0.378 e. The standard InChI is InChI=1S/C16H25N3O2/c1-12-10-19-11-13(5-7-15(19)17-12)18-16(20)8-6-14-4-2-3-9-21-14/h10,13-14H,2-9,11H2,1H3,(H,18,20)/t13-,14+/m1/s1. The highest BCUT2D eigenvalue weighted by atomic mass is 16.5. The summed E-state index contributed by atoms with van der Waals surface area (Å²) in [7, 11) is 0. The van der Waals surface area contributed by atoms with Crippen molar-refractivity contribution in [2.24, 2.45) is 0 Å². The van der Waals surface area contributed by atoms with E-state index in [0.29, 0.717) is 12.5 Å². The summed E-state index contributed by atoms with van der Waals surface area (Å²) >= 11 is 0. The van der Waals surface area contributed by atoms with E-state index in [1.54, 1.807) is 0 Å². The molecule has 0 aromatic carbocycles. The Balaban J connectivity index is 1.43. The molecular formula is C16H25N3O2. The van der Waals surface area contributed by atoms with Crippen LogP contribution >= 0.6 is 0 Å². The Hall–Kier alpha value is -1.36. The summed E-state index contributed by atoms with van der Waals surface area (Å²) in [4.78, 5) is 16.6. The van der Waals surface area contributed by atoms with E-state index in [9.17, 15) is 4.79 Å². The molecule has 2 aliphatic heterocycles. The number of carbonyl (C=O) groups is 1. The fraction of sp³-hybridized carbons (Fsp3) is 0.750. The van der Waals surface area contributed by atoms with Gasteiger partial charge in [-0.1, -0.05) is 0 Å². The Labute approximate surface area is 126 Å². The molecule has 5 nitrogen and oxygen atoms in total. The average Bonchev–Trinajstić information content (AvgIpc) is 2.85. The Kier molecular flexibility index (Phi) is 4.58. The summed E-state index contributed by atoms with van der Waals surface area (Å²) in [6.07, 6.45) is 9.24. The van der Waals surface area contributed by atoms with Gasteiger partial charge in [-0.3, -0.25) is 4.79 Å². The maximum Gasteiger partial charge on any atom is 0.220 e. The predicted octanol–water partition coefficient (Wildman–Crippen LogP) is 1.97. The van der Waals surface area contributed by atoms with Crippen molar-refractivity contribution in [2.75, 3.05) is 6.61 Å². The lowest BCUT2D eigenvalue weighted by Crippen LogP contribution is -2.41. The van der Waals surface area contributed by atoms with Crippen LogP contribution < -0.4 is 5.32 Å². The van der Waals surface area contributed by atoms with Crippen LogP contribution in [0.15, 0.2) is 6.20 Å². The smallest absolute Gasteiger partial charge is 0.220 e. The molecule has 0 radical (unpaired) electrons. The molecule has 1 fully saturated rings. The first-order chi connectivity index (χ1) is 10.2. The van der Waals surface area contributed by atoms with Crippen LogP contribution in [0.5, 0.6) is 0 Å². The third-order valence-electron chi connectivity index (χ3n) is 4.45. The molecule has 0 saturated carbocycles. The molecule has 116 valence electrons.